The predicted octanol–water partition coefficient (Wildman–Crippen LogP) is 4.77. The van der Waals surface area contributed by atoms with Gasteiger partial charge in [-0.2, -0.15) is 0 Å². The Morgan fingerprint density at radius 3 is 2.55 bits per heavy atom. The van der Waals surface area contributed by atoms with Gasteiger partial charge in [0, 0.05) is 29.1 Å². The number of fused-ring (bicyclic) bond motifs is 1. The van der Waals surface area contributed by atoms with Gasteiger partial charge in [-0.3, -0.25) is 14.9 Å². The van der Waals surface area contributed by atoms with Gasteiger partial charge in [0.2, 0.25) is 0 Å². The van der Waals surface area contributed by atoms with Gasteiger partial charge in [-0.1, -0.05) is 24.3 Å². The maximum atomic E-state index is 13.1. The molecule has 0 unspecified atom stereocenters. The second kappa shape index (κ2) is 8.19. The number of rotatable bonds is 6. The summed E-state index contributed by atoms with van der Waals surface area (Å²) in [4.78, 5) is 34.9. The Kier molecular flexibility index (Phi) is 5.28. The lowest BCUT2D eigenvalue weighted by molar-refractivity contribution is -0.384. The highest BCUT2D eigenvalue weighted by molar-refractivity contribution is 5.97. The van der Waals surface area contributed by atoms with Gasteiger partial charge in [-0.25, -0.2) is 9.18 Å². The van der Waals surface area contributed by atoms with E-state index in [0.717, 1.165) is 0 Å². The molecule has 1 heterocycles. The maximum Gasteiger partial charge on any atom is 0.344 e. The number of halogens is 1. The molecule has 8 heteroatoms. The van der Waals surface area contributed by atoms with Crippen molar-refractivity contribution in [3.63, 3.8) is 0 Å². The van der Waals surface area contributed by atoms with Gasteiger partial charge in [0.15, 0.2) is 12.4 Å². The lowest BCUT2D eigenvalue weighted by Crippen LogP contribution is -2.12. The highest BCUT2D eigenvalue weighted by atomic mass is 19.1. The first-order chi connectivity index (χ1) is 14.9. The molecule has 0 aliphatic rings. The van der Waals surface area contributed by atoms with Crippen LogP contribution in [0.5, 0.6) is 5.75 Å². The Labute approximate surface area is 174 Å². The lowest BCUT2D eigenvalue weighted by Gasteiger charge is -2.07. The molecule has 0 radical (unpaired) electrons. The van der Waals surface area contributed by atoms with Crippen LogP contribution in [0.3, 0.4) is 0 Å². The number of nitro benzene ring substituents is 1. The number of ketones is 1. The molecule has 0 saturated carbocycles. The van der Waals surface area contributed by atoms with Crippen LogP contribution in [0, 0.1) is 15.9 Å². The third-order valence-electron chi connectivity index (χ3n) is 4.61. The van der Waals surface area contributed by atoms with Gasteiger partial charge in [0.1, 0.15) is 17.1 Å². The van der Waals surface area contributed by atoms with E-state index in [4.69, 9.17) is 9.15 Å². The third-order valence-corrected chi connectivity index (χ3v) is 4.61. The highest BCUT2D eigenvalue weighted by Crippen LogP contribution is 2.25. The average Bonchev–Trinajstić information content (AvgIpc) is 2.77. The third kappa shape index (κ3) is 4.32. The minimum Gasteiger partial charge on any atom is -0.485 e. The smallest absolute Gasteiger partial charge is 0.344 e. The summed E-state index contributed by atoms with van der Waals surface area (Å²) in [6.45, 7) is -0.343. The number of benzene rings is 3. The van der Waals surface area contributed by atoms with Crippen molar-refractivity contribution in [3.8, 4) is 16.9 Å². The normalized spacial score (nSPS) is 10.7. The largest absolute Gasteiger partial charge is 0.485 e. The van der Waals surface area contributed by atoms with Crippen molar-refractivity contribution in [1.82, 2.24) is 0 Å². The average molecular weight is 419 g/mol. The fraction of sp³-hybridized carbons (Fsp3) is 0.0435. The van der Waals surface area contributed by atoms with E-state index in [-0.39, 0.29) is 23.4 Å². The van der Waals surface area contributed by atoms with E-state index in [1.54, 1.807) is 18.2 Å². The molecule has 1 aromatic heterocycles. The molecular weight excluding hydrogens is 405 g/mol. The Hall–Kier alpha value is -4.33. The number of ether oxygens (including phenoxy) is 1. The molecule has 0 aliphatic carbocycles. The van der Waals surface area contributed by atoms with E-state index in [1.165, 1.54) is 54.6 Å². The van der Waals surface area contributed by atoms with Gasteiger partial charge in [0.05, 0.1) is 10.5 Å². The topological polar surface area (TPSA) is 99.7 Å². The molecule has 3 aromatic carbocycles. The summed E-state index contributed by atoms with van der Waals surface area (Å²) in [6.07, 6.45) is 0. The van der Waals surface area contributed by atoms with Crippen LogP contribution in [0.1, 0.15) is 10.4 Å². The molecule has 4 aromatic rings. The van der Waals surface area contributed by atoms with Crippen LogP contribution in [-0.2, 0) is 0 Å². The van der Waals surface area contributed by atoms with Gasteiger partial charge >= 0.3 is 5.63 Å². The summed E-state index contributed by atoms with van der Waals surface area (Å²) in [5.74, 6) is -0.545. The summed E-state index contributed by atoms with van der Waals surface area (Å²) in [6, 6.07) is 17.3. The van der Waals surface area contributed by atoms with E-state index in [1.807, 2.05) is 0 Å². The number of non-ortho nitro benzene ring substituents is 1. The molecule has 0 amide bonds. The fourth-order valence-electron chi connectivity index (χ4n) is 3.04. The monoisotopic (exact) mass is 419 g/mol. The summed E-state index contributed by atoms with van der Waals surface area (Å²) in [5, 5.41) is 11.5. The second-order valence-electron chi connectivity index (χ2n) is 6.67. The van der Waals surface area contributed by atoms with Crippen molar-refractivity contribution in [1.29, 1.82) is 0 Å². The summed E-state index contributed by atoms with van der Waals surface area (Å²) in [7, 11) is 0. The van der Waals surface area contributed by atoms with Crippen LogP contribution in [-0.4, -0.2) is 17.3 Å². The van der Waals surface area contributed by atoms with Crippen molar-refractivity contribution in [3.05, 3.63) is 105 Å². The van der Waals surface area contributed by atoms with Crippen LogP contribution in [0.4, 0.5) is 10.1 Å². The second-order valence-corrected chi connectivity index (χ2v) is 6.67. The number of hydrogen-bond acceptors (Lipinski definition) is 6. The minimum absolute atomic E-state index is 0.158. The van der Waals surface area contributed by atoms with Crippen LogP contribution >= 0.6 is 0 Å². The highest BCUT2D eigenvalue weighted by Gasteiger charge is 2.13. The summed E-state index contributed by atoms with van der Waals surface area (Å²) in [5.41, 5.74) is 0.461. The van der Waals surface area contributed by atoms with Crippen molar-refractivity contribution in [2.45, 2.75) is 0 Å². The van der Waals surface area contributed by atoms with Crippen LogP contribution in [0.25, 0.3) is 22.1 Å². The van der Waals surface area contributed by atoms with E-state index < -0.39 is 22.1 Å². The van der Waals surface area contributed by atoms with Gasteiger partial charge < -0.3 is 9.15 Å². The number of Topliss-reactive ketones (excluding diaryl/α,β-unsaturated/α-hetero) is 1. The van der Waals surface area contributed by atoms with E-state index in [0.29, 0.717) is 22.3 Å². The summed E-state index contributed by atoms with van der Waals surface area (Å²) < 4.78 is 24.0. The van der Waals surface area contributed by atoms with Crippen molar-refractivity contribution < 1.29 is 23.3 Å². The zero-order chi connectivity index (χ0) is 22.0. The standard InChI is InChI=1S/C23H14FNO6/c24-17-7-4-14(5-8-17)20-11-16-6-9-19(12-22(16)31-23(20)27)30-13-21(26)15-2-1-3-18(10-15)25(28)29/h1-12H,13H2. The molecule has 4 rings (SSSR count). The van der Waals surface area contributed by atoms with Gasteiger partial charge in [-0.05, 0) is 35.9 Å². The zero-order valence-electron chi connectivity index (χ0n) is 15.9. The summed E-state index contributed by atoms with van der Waals surface area (Å²) >= 11 is 0. The molecule has 0 aliphatic heterocycles. The molecule has 0 saturated heterocycles. The fourth-order valence-corrected chi connectivity index (χ4v) is 3.04. The minimum atomic E-state index is -0.594. The molecule has 31 heavy (non-hydrogen) atoms. The van der Waals surface area contributed by atoms with E-state index in [9.17, 15) is 24.1 Å². The number of carbonyl (C=O) groups excluding carboxylic acids is 1. The Bertz CT molecular complexity index is 1360. The van der Waals surface area contributed by atoms with Crippen LogP contribution in [0.2, 0.25) is 0 Å². The molecule has 0 atom stereocenters. The molecular formula is C23H14FNO6. The SMILES string of the molecule is O=C(COc1ccc2cc(-c3ccc(F)cc3)c(=O)oc2c1)c1cccc([N+](=O)[O-])c1. The number of carbonyl (C=O) groups is 1. The van der Waals surface area contributed by atoms with Crippen molar-refractivity contribution in [2.24, 2.45) is 0 Å². The van der Waals surface area contributed by atoms with Gasteiger partial charge in [0.25, 0.3) is 5.69 Å². The first-order valence-electron chi connectivity index (χ1n) is 9.15. The van der Waals surface area contributed by atoms with Crippen LogP contribution < -0.4 is 10.4 Å². The van der Waals surface area contributed by atoms with Crippen molar-refractivity contribution in [2.75, 3.05) is 6.61 Å². The molecule has 0 spiro atoms. The molecule has 0 N–H and O–H groups in total. The van der Waals surface area contributed by atoms with E-state index >= 15 is 0 Å². The number of hydrogen-bond donors (Lipinski definition) is 0. The van der Waals surface area contributed by atoms with Gasteiger partial charge in [-0.15, -0.1) is 0 Å². The first-order valence-corrected chi connectivity index (χ1v) is 9.15. The predicted molar refractivity (Wildman–Crippen MR) is 111 cm³/mol. The van der Waals surface area contributed by atoms with Crippen molar-refractivity contribution >= 4 is 22.4 Å². The molecule has 7 nitrogen and oxygen atoms in total. The maximum absolute atomic E-state index is 13.1. The zero-order valence-corrected chi connectivity index (χ0v) is 15.9. The molecule has 154 valence electrons. The quantitative estimate of drug-likeness (QED) is 0.193. The number of nitro groups is 1. The van der Waals surface area contributed by atoms with E-state index in [2.05, 4.69) is 0 Å². The molecule has 0 bridgehead atoms. The van der Waals surface area contributed by atoms with Crippen LogP contribution in [0.15, 0.2) is 82.0 Å². The Morgan fingerprint density at radius 1 is 1.03 bits per heavy atom. The number of nitrogens with zero attached hydrogens (tertiary/aromatic N) is 1. The first kappa shape index (κ1) is 20.0. The Morgan fingerprint density at radius 2 is 1.81 bits per heavy atom. The molecule has 0 fully saturated rings. The lowest BCUT2D eigenvalue weighted by atomic mass is 10.1. The Balaban J connectivity index is 1.54.